The number of halogens is 2. The summed E-state index contributed by atoms with van der Waals surface area (Å²) in [5.74, 6) is 2.29. The summed E-state index contributed by atoms with van der Waals surface area (Å²) in [6.45, 7) is 4.50. The van der Waals surface area contributed by atoms with Gasteiger partial charge in [0.15, 0.2) is 0 Å². The third-order valence-electron chi connectivity index (χ3n) is 3.77. The average molecular weight is 370 g/mol. The van der Waals surface area contributed by atoms with E-state index in [1.54, 1.807) is 7.11 Å². The molecule has 24 heavy (non-hydrogen) atoms. The zero-order valence-corrected chi connectivity index (χ0v) is 15.7. The van der Waals surface area contributed by atoms with E-state index >= 15 is 0 Å². The van der Waals surface area contributed by atoms with Crippen molar-refractivity contribution in [3.63, 3.8) is 0 Å². The lowest BCUT2D eigenvalue weighted by Crippen LogP contribution is -2.38. The largest absolute Gasteiger partial charge is 0.497 e. The number of methoxy groups -OCH3 is 1. The first kappa shape index (κ1) is 20.6. The Hall–Kier alpha value is -1.42. The fourth-order valence-corrected chi connectivity index (χ4v) is 2.59. The minimum atomic E-state index is 0. The van der Waals surface area contributed by atoms with Crippen molar-refractivity contribution in [2.75, 3.05) is 26.1 Å². The van der Waals surface area contributed by atoms with Gasteiger partial charge in [-0.05, 0) is 36.8 Å². The van der Waals surface area contributed by atoms with Crippen molar-refractivity contribution in [1.29, 1.82) is 0 Å². The zero-order valence-electron chi connectivity index (χ0n) is 14.2. The second-order valence-corrected chi connectivity index (χ2v) is 5.86. The van der Waals surface area contributed by atoms with E-state index < -0.39 is 0 Å². The quantitative estimate of drug-likeness (QED) is 0.601. The highest BCUT2D eigenvalue weighted by Gasteiger charge is 2.14. The zero-order chi connectivity index (χ0) is 16.5. The van der Waals surface area contributed by atoms with Gasteiger partial charge in [0.25, 0.3) is 0 Å². The van der Waals surface area contributed by atoms with Crippen molar-refractivity contribution < 1.29 is 9.47 Å². The van der Waals surface area contributed by atoms with E-state index in [0.29, 0.717) is 12.5 Å². The number of benzene rings is 2. The molecule has 0 N–H and O–H groups in total. The summed E-state index contributed by atoms with van der Waals surface area (Å²) in [7, 11) is 1.66. The van der Waals surface area contributed by atoms with Gasteiger partial charge >= 0.3 is 0 Å². The van der Waals surface area contributed by atoms with Crippen molar-refractivity contribution in [3.05, 3.63) is 60.2 Å². The average Bonchev–Trinajstić information content (AvgIpc) is 2.60. The first-order chi connectivity index (χ1) is 11.2. The maximum absolute atomic E-state index is 5.96. The lowest BCUT2D eigenvalue weighted by molar-refractivity contribution is 0.146. The van der Waals surface area contributed by atoms with E-state index in [9.17, 15) is 0 Å². The number of rotatable bonds is 9. The third kappa shape index (κ3) is 6.60. The highest BCUT2D eigenvalue weighted by molar-refractivity contribution is 6.18. The van der Waals surface area contributed by atoms with E-state index in [0.717, 1.165) is 24.6 Å². The number of hydrogen-bond donors (Lipinski definition) is 0. The standard InChI is InChI=1S/C19H24ClNO2.ClH/c1-16(15-23-19-10-8-18(22-2)9-11-19)21(13-12-20)14-17-6-4-3-5-7-17;/h3-11,16H,12-15H2,1-2H3;1H. The second kappa shape index (κ2) is 11.2. The maximum Gasteiger partial charge on any atom is 0.119 e. The van der Waals surface area contributed by atoms with Crippen LogP contribution >= 0.6 is 24.0 Å². The third-order valence-corrected chi connectivity index (χ3v) is 3.94. The molecule has 0 saturated heterocycles. The number of alkyl halides is 1. The lowest BCUT2D eigenvalue weighted by atomic mass is 10.2. The molecular formula is C19H25Cl2NO2. The Balaban J connectivity index is 0.00000288. The van der Waals surface area contributed by atoms with Gasteiger partial charge in [-0.3, -0.25) is 4.90 Å². The van der Waals surface area contributed by atoms with Crippen LogP contribution in [-0.4, -0.2) is 37.1 Å². The van der Waals surface area contributed by atoms with Crippen molar-refractivity contribution in [2.24, 2.45) is 0 Å². The summed E-state index contributed by atoms with van der Waals surface area (Å²) >= 11 is 5.96. The van der Waals surface area contributed by atoms with E-state index in [-0.39, 0.29) is 18.4 Å². The summed E-state index contributed by atoms with van der Waals surface area (Å²) in [6, 6.07) is 18.4. The molecule has 3 nitrogen and oxygen atoms in total. The van der Waals surface area contributed by atoms with Crippen LogP contribution in [0.25, 0.3) is 0 Å². The molecule has 0 bridgehead atoms. The SMILES string of the molecule is COc1ccc(OCC(C)N(CCCl)Cc2ccccc2)cc1.Cl. The molecule has 0 saturated carbocycles. The van der Waals surface area contributed by atoms with Crippen LogP contribution in [0, 0.1) is 0 Å². The topological polar surface area (TPSA) is 21.7 Å². The van der Waals surface area contributed by atoms with Gasteiger partial charge in [-0.25, -0.2) is 0 Å². The molecule has 0 spiro atoms. The summed E-state index contributed by atoms with van der Waals surface area (Å²) < 4.78 is 11.0. The van der Waals surface area contributed by atoms with Crippen LogP contribution in [0.5, 0.6) is 11.5 Å². The fraction of sp³-hybridized carbons (Fsp3) is 0.368. The van der Waals surface area contributed by atoms with Gasteiger partial charge in [-0.1, -0.05) is 30.3 Å². The molecule has 0 radical (unpaired) electrons. The van der Waals surface area contributed by atoms with Crippen LogP contribution in [0.2, 0.25) is 0 Å². The smallest absolute Gasteiger partial charge is 0.119 e. The van der Waals surface area contributed by atoms with Crippen molar-refractivity contribution >= 4 is 24.0 Å². The molecule has 1 unspecified atom stereocenters. The van der Waals surface area contributed by atoms with Crippen LogP contribution in [-0.2, 0) is 6.54 Å². The Labute approximate surface area is 155 Å². The van der Waals surface area contributed by atoms with E-state index in [1.165, 1.54) is 5.56 Å². The Kier molecular flexibility index (Phi) is 9.62. The molecule has 0 heterocycles. The molecule has 0 aliphatic carbocycles. The molecule has 5 heteroatoms. The summed E-state index contributed by atoms with van der Waals surface area (Å²) in [5.41, 5.74) is 1.29. The van der Waals surface area contributed by atoms with Crippen LogP contribution in [0.15, 0.2) is 54.6 Å². The van der Waals surface area contributed by atoms with Crippen molar-refractivity contribution in [3.8, 4) is 11.5 Å². The fourth-order valence-electron chi connectivity index (χ4n) is 2.38. The Morgan fingerprint density at radius 3 is 2.21 bits per heavy atom. The molecule has 2 rings (SSSR count). The van der Waals surface area contributed by atoms with E-state index in [4.69, 9.17) is 21.1 Å². The molecule has 132 valence electrons. The Morgan fingerprint density at radius 2 is 1.62 bits per heavy atom. The molecule has 1 atom stereocenters. The molecule has 0 aliphatic heterocycles. The molecule has 0 amide bonds. The first-order valence-corrected chi connectivity index (χ1v) is 8.37. The first-order valence-electron chi connectivity index (χ1n) is 7.83. The van der Waals surface area contributed by atoms with Gasteiger partial charge in [-0.15, -0.1) is 24.0 Å². The van der Waals surface area contributed by atoms with Crippen LogP contribution < -0.4 is 9.47 Å². The normalized spacial score (nSPS) is 11.7. The van der Waals surface area contributed by atoms with Gasteiger partial charge in [0.1, 0.15) is 18.1 Å². The molecule has 0 aromatic heterocycles. The Bertz CT molecular complexity index is 563. The lowest BCUT2D eigenvalue weighted by Gasteiger charge is -2.28. The predicted octanol–water partition coefficient (Wildman–Crippen LogP) is 4.63. The van der Waals surface area contributed by atoms with Crippen LogP contribution in [0.4, 0.5) is 0 Å². The van der Waals surface area contributed by atoms with Crippen molar-refractivity contribution in [2.45, 2.75) is 19.5 Å². The van der Waals surface area contributed by atoms with Gasteiger partial charge < -0.3 is 9.47 Å². The molecule has 2 aromatic carbocycles. The number of hydrogen-bond acceptors (Lipinski definition) is 3. The summed E-state index contributed by atoms with van der Waals surface area (Å²) in [6.07, 6.45) is 0. The van der Waals surface area contributed by atoms with Gasteiger partial charge in [-0.2, -0.15) is 0 Å². The highest BCUT2D eigenvalue weighted by atomic mass is 35.5. The van der Waals surface area contributed by atoms with Crippen molar-refractivity contribution in [1.82, 2.24) is 4.90 Å². The summed E-state index contributed by atoms with van der Waals surface area (Å²) in [5, 5.41) is 0. The molecule has 0 fully saturated rings. The minimum Gasteiger partial charge on any atom is -0.497 e. The monoisotopic (exact) mass is 369 g/mol. The summed E-state index contributed by atoms with van der Waals surface area (Å²) in [4.78, 5) is 2.34. The van der Waals surface area contributed by atoms with Gasteiger partial charge in [0.05, 0.1) is 7.11 Å². The number of nitrogens with zero attached hydrogens (tertiary/aromatic N) is 1. The molecular weight excluding hydrogens is 345 g/mol. The van der Waals surface area contributed by atoms with Gasteiger partial charge in [0, 0.05) is 25.0 Å². The van der Waals surface area contributed by atoms with Gasteiger partial charge in [0.2, 0.25) is 0 Å². The minimum absolute atomic E-state index is 0. The van der Waals surface area contributed by atoms with E-state index in [2.05, 4.69) is 36.1 Å². The van der Waals surface area contributed by atoms with E-state index in [1.807, 2.05) is 30.3 Å². The van der Waals surface area contributed by atoms with Crippen LogP contribution in [0.3, 0.4) is 0 Å². The maximum atomic E-state index is 5.96. The second-order valence-electron chi connectivity index (χ2n) is 5.48. The van der Waals surface area contributed by atoms with Crippen LogP contribution in [0.1, 0.15) is 12.5 Å². The number of ether oxygens (including phenoxy) is 2. The highest BCUT2D eigenvalue weighted by Crippen LogP contribution is 2.18. The molecule has 0 aliphatic rings. The molecule has 2 aromatic rings. The Morgan fingerprint density at radius 1 is 1.00 bits per heavy atom. The predicted molar refractivity (Wildman–Crippen MR) is 103 cm³/mol.